The van der Waals surface area contributed by atoms with Gasteiger partial charge in [-0.05, 0) is 13.3 Å². The first-order valence-electron chi connectivity index (χ1n) is 5.57. The molecule has 0 aliphatic rings. The lowest BCUT2D eigenvalue weighted by Gasteiger charge is -2.14. The van der Waals surface area contributed by atoms with Gasteiger partial charge in [0.25, 0.3) is 0 Å². The smallest absolute Gasteiger partial charge is 0.325 e. The van der Waals surface area contributed by atoms with Gasteiger partial charge in [0.1, 0.15) is 6.04 Å². The van der Waals surface area contributed by atoms with Crippen LogP contribution in [0.25, 0.3) is 0 Å². The molecule has 1 unspecified atom stereocenters. The Morgan fingerprint density at radius 1 is 1.47 bits per heavy atom. The number of hydrogen-bond donors (Lipinski definition) is 1. The van der Waals surface area contributed by atoms with Gasteiger partial charge in [-0.15, -0.1) is 12.3 Å². The molecule has 0 aromatic carbocycles. The lowest BCUT2D eigenvalue weighted by atomic mass is 10.2. The van der Waals surface area contributed by atoms with Gasteiger partial charge in [0.15, 0.2) is 0 Å². The number of terminal acetylenes is 1. The summed E-state index contributed by atoms with van der Waals surface area (Å²) in [5, 5.41) is 0. The van der Waals surface area contributed by atoms with Crippen LogP contribution in [0.3, 0.4) is 0 Å². The fourth-order valence-corrected chi connectivity index (χ4v) is 2.54. The van der Waals surface area contributed by atoms with Gasteiger partial charge in [-0.3, -0.25) is 4.79 Å². The predicted molar refractivity (Wildman–Crippen MR) is 65.7 cm³/mol. The molecule has 0 fully saturated rings. The molecule has 6 heteroatoms. The van der Waals surface area contributed by atoms with Crippen molar-refractivity contribution in [3.63, 3.8) is 0 Å². The molecule has 1 atom stereocenters. The van der Waals surface area contributed by atoms with Crippen molar-refractivity contribution in [1.82, 2.24) is 4.72 Å². The van der Waals surface area contributed by atoms with Crippen LogP contribution in [0.1, 0.15) is 33.1 Å². The first-order chi connectivity index (χ1) is 7.96. The molecular formula is C11H19NO4S. The number of hydrogen-bond acceptors (Lipinski definition) is 4. The van der Waals surface area contributed by atoms with Gasteiger partial charge in [0.05, 0.1) is 12.4 Å². The summed E-state index contributed by atoms with van der Waals surface area (Å²) in [6.45, 7) is 3.73. The second-order valence-electron chi connectivity index (χ2n) is 3.50. The third kappa shape index (κ3) is 6.97. The van der Waals surface area contributed by atoms with Gasteiger partial charge in [0.2, 0.25) is 10.0 Å². The van der Waals surface area contributed by atoms with E-state index in [0.717, 1.165) is 6.42 Å². The third-order valence-electron chi connectivity index (χ3n) is 1.98. The molecule has 0 saturated carbocycles. The summed E-state index contributed by atoms with van der Waals surface area (Å²) >= 11 is 0. The Kier molecular flexibility index (Phi) is 7.59. The number of carbonyl (C=O) groups is 1. The predicted octanol–water partition coefficient (Wildman–Crippen LogP) is 0.661. The van der Waals surface area contributed by atoms with Crippen LogP contribution in [0.4, 0.5) is 0 Å². The van der Waals surface area contributed by atoms with Crippen molar-refractivity contribution in [3.05, 3.63) is 0 Å². The molecule has 5 nitrogen and oxygen atoms in total. The van der Waals surface area contributed by atoms with E-state index in [2.05, 4.69) is 10.6 Å². The number of unbranched alkanes of at least 4 members (excludes halogenated alkanes) is 1. The molecule has 0 aromatic rings. The molecule has 1 N–H and O–H groups in total. The van der Waals surface area contributed by atoms with Gasteiger partial charge in [-0.25, -0.2) is 8.42 Å². The topological polar surface area (TPSA) is 72.5 Å². The van der Waals surface area contributed by atoms with Crippen LogP contribution in [0, 0.1) is 12.3 Å². The summed E-state index contributed by atoms with van der Waals surface area (Å²) in [7, 11) is -3.47. The SMILES string of the molecule is C#CCC(NS(=O)(=O)CCCC)C(=O)OCC. The van der Waals surface area contributed by atoms with Crippen LogP contribution in [0.15, 0.2) is 0 Å². The molecular weight excluding hydrogens is 242 g/mol. The van der Waals surface area contributed by atoms with E-state index in [9.17, 15) is 13.2 Å². The first-order valence-corrected chi connectivity index (χ1v) is 7.22. The zero-order chi connectivity index (χ0) is 13.3. The Morgan fingerprint density at radius 3 is 2.59 bits per heavy atom. The van der Waals surface area contributed by atoms with Gasteiger partial charge in [0, 0.05) is 6.42 Å². The number of nitrogens with one attached hydrogen (secondary N) is 1. The van der Waals surface area contributed by atoms with E-state index in [1.807, 2.05) is 6.92 Å². The molecule has 0 aliphatic heterocycles. The largest absolute Gasteiger partial charge is 0.465 e. The van der Waals surface area contributed by atoms with Gasteiger partial charge in [-0.2, -0.15) is 4.72 Å². The Bertz CT molecular complexity index is 369. The molecule has 0 heterocycles. The van der Waals surface area contributed by atoms with Gasteiger partial charge < -0.3 is 4.74 Å². The lowest BCUT2D eigenvalue weighted by molar-refractivity contribution is -0.144. The molecule has 0 radical (unpaired) electrons. The molecule has 0 spiro atoms. The second-order valence-corrected chi connectivity index (χ2v) is 5.38. The highest BCUT2D eigenvalue weighted by Gasteiger charge is 2.24. The average molecular weight is 261 g/mol. The van der Waals surface area contributed by atoms with E-state index in [0.29, 0.717) is 6.42 Å². The Hall–Kier alpha value is -1.06. The van der Waals surface area contributed by atoms with Gasteiger partial charge in [-0.1, -0.05) is 13.3 Å². The maximum atomic E-state index is 11.6. The van der Waals surface area contributed by atoms with E-state index in [4.69, 9.17) is 11.2 Å². The Morgan fingerprint density at radius 2 is 2.12 bits per heavy atom. The molecule has 0 aromatic heterocycles. The molecule has 0 rings (SSSR count). The Labute approximate surface area is 103 Å². The highest BCUT2D eigenvalue weighted by molar-refractivity contribution is 7.89. The second kappa shape index (κ2) is 8.09. The summed E-state index contributed by atoms with van der Waals surface area (Å²) in [6, 6.07) is -0.984. The first kappa shape index (κ1) is 15.9. The van der Waals surface area contributed by atoms with Crippen LogP contribution in [0.2, 0.25) is 0 Å². The minimum absolute atomic E-state index is 0.00973. The number of carbonyl (C=O) groups excluding carboxylic acids is 1. The molecule has 17 heavy (non-hydrogen) atoms. The quantitative estimate of drug-likeness (QED) is 0.514. The monoisotopic (exact) mass is 261 g/mol. The summed E-state index contributed by atoms with van der Waals surface area (Å²) in [5.41, 5.74) is 0. The minimum atomic E-state index is -3.47. The van der Waals surface area contributed by atoms with E-state index in [1.54, 1.807) is 6.92 Å². The zero-order valence-electron chi connectivity index (χ0n) is 10.2. The van der Waals surface area contributed by atoms with Crippen molar-refractivity contribution in [1.29, 1.82) is 0 Å². The van der Waals surface area contributed by atoms with Crippen molar-refractivity contribution >= 4 is 16.0 Å². The fraction of sp³-hybridized carbons (Fsp3) is 0.727. The van der Waals surface area contributed by atoms with E-state index >= 15 is 0 Å². The number of esters is 1. The van der Waals surface area contributed by atoms with Crippen LogP contribution in [-0.4, -0.2) is 32.8 Å². The molecule has 0 aliphatic carbocycles. The van der Waals surface area contributed by atoms with Crippen LogP contribution in [0.5, 0.6) is 0 Å². The van der Waals surface area contributed by atoms with Crippen molar-refractivity contribution in [3.8, 4) is 12.3 Å². The minimum Gasteiger partial charge on any atom is -0.465 e. The zero-order valence-corrected chi connectivity index (χ0v) is 11.0. The summed E-state index contributed by atoms with van der Waals surface area (Å²) in [6.07, 6.45) is 6.39. The van der Waals surface area contributed by atoms with Gasteiger partial charge >= 0.3 is 5.97 Å². The number of sulfonamides is 1. The lowest BCUT2D eigenvalue weighted by Crippen LogP contribution is -2.42. The number of ether oxygens (including phenoxy) is 1. The standard InChI is InChI=1S/C11H19NO4S/c1-4-7-9-17(14,15)12-10(8-5-2)11(13)16-6-3/h2,10,12H,4,6-9H2,1,3H3. The average Bonchev–Trinajstić information content (AvgIpc) is 2.26. The van der Waals surface area contributed by atoms with E-state index in [1.165, 1.54) is 0 Å². The maximum Gasteiger partial charge on any atom is 0.325 e. The molecule has 0 bridgehead atoms. The molecule has 98 valence electrons. The summed E-state index contributed by atoms with van der Waals surface area (Å²) in [5.74, 6) is 1.61. The van der Waals surface area contributed by atoms with Crippen molar-refractivity contribution in [2.24, 2.45) is 0 Å². The van der Waals surface area contributed by atoms with Crippen LogP contribution in [-0.2, 0) is 19.6 Å². The molecule has 0 saturated heterocycles. The summed E-state index contributed by atoms with van der Waals surface area (Å²) in [4.78, 5) is 11.4. The van der Waals surface area contributed by atoms with E-state index < -0.39 is 22.0 Å². The van der Waals surface area contributed by atoms with Crippen LogP contribution < -0.4 is 4.72 Å². The molecule has 0 amide bonds. The number of rotatable bonds is 8. The summed E-state index contributed by atoms with van der Waals surface area (Å²) < 4.78 is 30.2. The maximum absolute atomic E-state index is 11.6. The highest BCUT2D eigenvalue weighted by Crippen LogP contribution is 2.01. The fourth-order valence-electron chi connectivity index (χ4n) is 1.14. The van der Waals surface area contributed by atoms with Crippen molar-refractivity contribution < 1.29 is 17.9 Å². The van der Waals surface area contributed by atoms with Crippen molar-refractivity contribution in [2.75, 3.05) is 12.4 Å². The van der Waals surface area contributed by atoms with Crippen molar-refractivity contribution in [2.45, 2.75) is 39.2 Å². The Balaban J connectivity index is 4.54. The third-order valence-corrected chi connectivity index (χ3v) is 3.45. The van der Waals surface area contributed by atoms with Crippen LogP contribution >= 0.6 is 0 Å². The normalized spacial score (nSPS) is 12.8. The van der Waals surface area contributed by atoms with E-state index in [-0.39, 0.29) is 18.8 Å². The highest BCUT2D eigenvalue weighted by atomic mass is 32.2.